The van der Waals surface area contributed by atoms with Crippen LogP contribution in [-0.4, -0.2) is 19.9 Å². The van der Waals surface area contributed by atoms with Gasteiger partial charge in [0.25, 0.3) is 0 Å². The van der Waals surface area contributed by atoms with Crippen LogP contribution in [0.3, 0.4) is 0 Å². The van der Waals surface area contributed by atoms with Crippen molar-refractivity contribution in [2.24, 2.45) is 0 Å². The van der Waals surface area contributed by atoms with Crippen LogP contribution in [0.25, 0.3) is 10.6 Å². The van der Waals surface area contributed by atoms with Crippen LogP contribution in [0.4, 0.5) is 0 Å². The summed E-state index contributed by atoms with van der Waals surface area (Å²) < 4.78 is 1.50. The Hall–Kier alpha value is -1.86. The quantitative estimate of drug-likeness (QED) is 0.562. The first-order valence-electron chi connectivity index (χ1n) is 7.39. The Kier molecular flexibility index (Phi) is 4.68. The maximum atomic E-state index is 5.85. The third-order valence-corrected chi connectivity index (χ3v) is 5.48. The van der Waals surface area contributed by atoms with E-state index in [0.29, 0.717) is 16.9 Å². The van der Waals surface area contributed by atoms with Gasteiger partial charge in [0.05, 0.1) is 5.69 Å². The summed E-state index contributed by atoms with van der Waals surface area (Å²) >= 11 is 3.21. The molecule has 0 aliphatic heterocycles. The SMILES string of the molecule is Cc1nnc(SCc2csc(-c3ccc(C(C)C)cc3)n2)n1N. The number of benzene rings is 1. The highest BCUT2D eigenvalue weighted by Gasteiger charge is 2.10. The zero-order valence-electron chi connectivity index (χ0n) is 13.4. The number of nitrogen functional groups attached to an aromatic ring is 1. The second-order valence-corrected chi connectivity index (χ2v) is 7.41. The van der Waals surface area contributed by atoms with Crippen LogP contribution in [0, 0.1) is 6.92 Å². The Labute approximate surface area is 143 Å². The standard InChI is InChI=1S/C16H19N5S2/c1-10(2)12-4-6-13(7-5-12)15-18-14(8-22-15)9-23-16-20-19-11(3)21(16)17/h4-8,10H,9,17H2,1-3H3. The van der Waals surface area contributed by atoms with E-state index in [1.165, 1.54) is 10.2 Å². The van der Waals surface area contributed by atoms with Gasteiger partial charge in [-0.15, -0.1) is 21.5 Å². The van der Waals surface area contributed by atoms with E-state index < -0.39 is 0 Å². The molecule has 23 heavy (non-hydrogen) atoms. The van der Waals surface area contributed by atoms with Crippen LogP contribution < -0.4 is 5.84 Å². The molecule has 2 heterocycles. The van der Waals surface area contributed by atoms with Gasteiger partial charge in [0.15, 0.2) is 0 Å². The number of rotatable bonds is 5. The van der Waals surface area contributed by atoms with Gasteiger partial charge < -0.3 is 5.84 Å². The van der Waals surface area contributed by atoms with Crippen molar-refractivity contribution < 1.29 is 0 Å². The first-order valence-corrected chi connectivity index (χ1v) is 9.25. The van der Waals surface area contributed by atoms with E-state index in [9.17, 15) is 0 Å². The zero-order valence-corrected chi connectivity index (χ0v) is 15.0. The maximum Gasteiger partial charge on any atom is 0.210 e. The van der Waals surface area contributed by atoms with Crippen molar-refractivity contribution >= 4 is 23.1 Å². The molecule has 0 spiro atoms. The topological polar surface area (TPSA) is 69.6 Å². The molecule has 2 aromatic heterocycles. The minimum absolute atomic E-state index is 0.546. The van der Waals surface area contributed by atoms with E-state index in [1.807, 2.05) is 6.92 Å². The number of aromatic nitrogens is 4. The smallest absolute Gasteiger partial charge is 0.210 e. The average Bonchev–Trinajstić information content (AvgIpc) is 3.14. The van der Waals surface area contributed by atoms with Crippen molar-refractivity contribution in [1.82, 2.24) is 19.9 Å². The first-order chi connectivity index (χ1) is 11.0. The van der Waals surface area contributed by atoms with Crippen molar-refractivity contribution in [2.75, 3.05) is 5.84 Å². The number of hydrogen-bond donors (Lipinski definition) is 1. The van der Waals surface area contributed by atoms with E-state index in [0.717, 1.165) is 22.0 Å². The lowest BCUT2D eigenvalue weighted by atomic mass is 10.0. The van der Waals surface area contributed by atoms with Gasteiger partial charge in [0, 0.05) is 16.7 Å². The molecule has 0 amide bonds. The summed E-state index contributed by atoms with van der Waals surface area (Å²) in [5, 5.41) is 11.8. The number of nitrogens with zero attached hydrogens (tertiary/aromatic N) is 4. The number of aryl methyl sites for hydroxylation is 1. The van der Waals surface area contributed by atoms with Crippen LogP contribution in [0.5, 0.6) is 0 Å². The third-order valence-electron chi connectivity index (χ3n) is 3.56. The Morgan fingerprint density at radius 2 is 1.96 bits per heavy atom. The largest absolute Gasteiger partial charge is 0.336 e. The fourth-order valence-electron chi connectivity index (χ4n) is 2.10. The number of thiazole rings is 1. The molecule has 0 radical (unpaired) electrons. The lowest BCUT2D eigenvalue weighted by Crippen LogP contribution is -2.11. The summed E-state index contributed by atoms with van der Waals surface area (Å²) in [5.41, 5.74) is 3.54. The molecule has 0 aliphatic rings. The fraction of sp³-hybridized carbons (Fsp3) is 0.312. The van der Waals surface area contributed by atoms with Crippen molar-refractivity contribution in [1.29, 1.82) is 0 Å². The van der Waals surface area contributed by atoms with Crippen LogP contribution >= 0.6 is 23.1 Å². The number of hydrogen-bond acceptors (Lipinski definition) is 6. The lowest BCUT2D eigenvalue weighted by molar-refractivity contribution is 0.825. The molecular weight excluding hydrogens is 326 g/mol. The molecule has 5 nitrogen and oxygen atoms in total. The van der Waals surface area contributed by atoms with Gasteiger partial charge in [-0.1, -0.05) is 49.9 Å². The maximum absolute atomic E-state index is 5.85. The van der Waals surface area contributed by atoms with Crippen LogP contribution in [0.1, 0.15) is 36.8 Å². The molecule has 0 saturated heterocycles. The third kappa shape index (κ3) is 3.56. The van der Waals surface area contributed by atoms with Gasteiger partial charge in [0.1, 0.15) is 10.8 Å². The predicted molar refractivity (Wildman–Crippen MR) is 96.1 cm³/mol. The molecular formula is C16H19N5S2. The molecule has 1 aromatic carbocycles. The molecule has 0 unspecified atom stereocenters. The second kappa shape index (κ2) is 6.72. The van der Waals surface area contributed by atoms with Gasteiger partial charge in [-0.05, 0) is 18.4 Å². The summed E-state index contributed by atoms with van der Waals surface area (Å²) in [4.78, 5) is 4.71. The molecule has 0 atom stereocenters. The van der Waals surface area contributed by atoms with Crippen molar-refractivity contribution in [3.63, 3.8) is 0 Å². The average molecular weight is 345 g/mol. The monoisotopic (exact) mass is 345 g/mol. The lowest BCUT2D eigenvalue weighted by Gasteiger charge is -2.05. The molecule has 0 fully saturated rings. The van der Waals surface area contributed by atoms with Crippen LogP contribution in [0.15, 0.2) is 34.8 Å². The minimum Gasteiger partial charge on any atom is -0.336 e. The number of nitrogens with two attached hydrogens (primary N) is 1. The Morgan fingerprint density at radius 1 is 1.22 bits per heavy atom. The molecule has 3 aromatic rings. The van der Waals surface area contributed by atoms with E-state index in [2.05, 4.69) is 53.7 Å². The highest BCUT2D eigenvalue weighted by atomic mass is 32.2. The van der Waals surface area contributed by atoms with E-state index in [1.54, 1.807) is 23.1 Å². The van der Waals surface area contributed by atoms with Crippen molar-refractivity contribution in [3.8, 4) is 10.6 Å². The molecule has 3 rings (SSSR count). The van der Waals surface area contributed by atoms with Crippen molar-refractivity contribution in [3.05, 3.63) is 46.7 Å². The zero-order chi connectivity index (χ0) is 16.4. The molecule has 7 heteroatoms. The fourth-order valence-corrected chi connectivity index (χ4v) is 3.83. The summed E-state index contributed by atoms with van der Waals surface area (Å²) in [6.45, 7) is 6.23. The van der Waals surface area contributed by atoms with Gasteiger partial charge in [0.2, 0.25) is 5.16 Å². The highest BCUT2D eigenvalue weighted by Crippen LogP contribution is 2.28. The summed E-state index contributed by atoms with van der Waals surface area (Å²) in [6.07, 6.45) is 0. The second-order valence-electron chi connectivity index (χ2n) is 5.61. The Morgan fingerprint density at radius 3 is 2.57 bits per heavy atom. The summed E-state index contributed by atoms with van der Waals surface area (Å²) in [5.74, 6) is 7.84. The summed E-state index contributed by atoms with van der Waals surface area (Å²) in [6, 6.07) is 8.64. The molecule has 120 valence electrons. The van der Waals surface area contributed by atoms with Crippen LogP contribution in [0.2, 0.25) is 0 Å². The molecule has 0 bridgehead atoms. The van der Waals surface area contributed by atoms with E-state index >= 15 is 0 Å². The normalized spacial score (nSPS) is 11.3. The predicted octanol–water partition coefficient (Wildman–Crippen LogP) is 3.84. The van der Waals surface area contributed by atoms with Gasteiger partial charge in [-0.2, -0.15) is 0 Å². The highest BCUT2D eigenvalue weighted by molar-refractivity contribution is 7.98. The van der Waals surface area contributed by atoms with Crippen molar-refractivity contribution in [2.45, 2.75) is 37.6 Å². The Balaban J connectivity index is 1.69. The van der Waals surface area contributed by atoms with Gasteiger partial charge in [-0.3, -0.25) is 0 Å². The van der Waals surface area contributed by atoms with Gasteiger partial charge >= 0.3 is 0 Å². The molecule has 0 aliphatic carbocycles. The molecule has 0 saturated carbocycles. The summed E-state index contributed by atoms with van der Waals surface area (Å²) in [7, 11) is 0. The molecule has 2 N–H and O–H groups in total. The van der Waals surface area contributed by atoms with Crippen LogP contribution in [-0.2, 0) is 5.75 Å². The number of thioether (sulfide) groups is 1. The first kappa shape index (κ1) is 16.0. The Bertz CT molecular complexity index is 789. The van der Waals surface area contributed by atoms with E-state index in [-0.39, 0.29) is 0 Å². The minimum atomic E-state index is 0.546. The van der Waals surface area contributed by atoms with E-state index in [4.69, 9.17) is 10.8 Å². The van der Waals surface area contributed by atoms with Gasteiger partial charge in [-0.25, -0.2) is 9.66 Å².